The summed E-state index contributed by atoms with van der Waals surface area (Å²) in [6.45, 7) is 3.61. The normalized spacial score (nSPS) is 16.1. The quantitative estimate of drug-likeness (QED) is 0.675. The van der Waals surface area contributed by atoms with Crippen LogP contribution in [0.15, 0.2) is 58.8 Å². The average molecular weight is 428 g/mol. The third-order valence-corrected chi connectivity index (χ3v) is 7.27. The first-order chi connectivity index (χ1) is 13.8. The summed E-state index contributed by atoms with van der Waals surface area (Å²) in [7, 11) is -3.68. The molecule has 1 aromatic heterocycles. The van der Waals surface area contributed by atoms with E-state index in [1.54, 1.807) is 23.1 Å². The summed E-state index contributed by atoms with van der Waals surface area (Å²) in [6, 6.07) is 14.7. The van der Waals surface area contributed by atoms with E-state index in [1.165, 1.54) is 18.3 Å². The molecule has 150 valence electrons. The molecule has 6 nitrogen and oxygen atoms in total. The van der Waals surface area contributed by atoms with E-state index >= 15 is 0 Å². The van der Waals surface area contributed by atoms with Crippen molar-refractivity contribution < 1.29 is 13.2 Å². The van der Waals surface area contributed by atoms with Gasteiger partial charge in [-0.3, -0.25) is 4.79 Å². The number of amides is 1. The van der Waals surface area contributed by atoms with Crippen molar-refractivity contribution in [3.05, 3.63) is 65.2 Å². The molecule has 8 heteroatoms. The molecule has 2 heterocycles. The summed E-state index contributed by atoms with van der Waals surface area (Å²) < 4.78 is 28.2. The maximum Gasteiger partial charge on any atom is 0.240 e. The molecule has 3 aromatic rings. The smallest absolute Gasteiger partial charge is 0.240 e. The van der Waals surface area contributed by atoms with Crippen LogP contribution < -0.4 is 9.62 Å². The summed E-state index contributed by atoms with van der Waals surface area (Å²) in [4.78, 5) is 18.3. The molecule has 0 fully saturated rings. The van der Waals surface area contributed by atoms with Crippen molar-refractivity contribution >= 4 is 33.0 Å². The molecule has 0 saturated heterocycles. The highest BCUT2D eigenvalue weighted by atomic mass is 32.2. The molecule has 0 radical (unpaired) electrons. The summed E-state index contributed by atoms with van der Waals surface area (Å²) >= 11 is 1.49. The summed E-state index contributed by atoms with van der Waals surface area (Å²) in [5.41, 5.74) is 3.34. The first kappa shape index (κ1) is 19.8. The second-order valence-corrected chi connectivity index (χ2v) is 9.69. The Kier molecular flexibility index (Phi) is 5.24. The first-order valence-corrected chi connectivity index (χ1v) is 11.6. The number of fused-ring (bicyclic) bond motifs is 1. The van der Waals surface area contributed by atoms with Crippen LogP contribution >= 0.6 is 11.3 Å². The van der Waals surface area contributed by atoms with Crippen molar-refractivity contribution in [1.29, 1.82) is 0 Å². The van der Waals surface area contributed by atoms with Crippen LogP contribution in [0.25, 0.3) is 10.6 Å². The Hall–Kier alpha value is -2.55. The lowest BCUT2D eigenvalue weighted by atomic mass is 10.1. The molecule has 1 aliphatic rings. The number of thiazole rings is 1. The molecule has 1 unspecified atom stereocenters. The zero-order valence-electron chi connectivity index (χ0n) is 16.1. The summed E-state index contributed by atoms with van der Waals surface area (Å²) in [5.74, 6) is -0.0391. The van der Waals surface area contributed by atoms with Gasteiger partial charge in [-0.25, -0.2) is 18.1 Å². The molecule has 0 saturated carbocycles. The highest BCUT2D eigenvalue weighted by Crippen LogP contribution is 2.34. The molecule has 1 atom stereocenters. The molecule has 1 aliphatic heterocycles. The Balaban J connectivity index is 1.50. The van der Waals surface area contributed by atoms with Crippen LogP contribution in [0.1, 0.15) is 25.1 Å². The number of aromatic nitrogens is 1. The predicted molar refractivity (Wildman–Crippen MR) is 114 cm³/mol. The predicted octanol–water partition coefficient (Wildman–Crippen LogP) is 3.59. The lowest BCUT2D eigenvalue weighted by Crippen LogP contribution is -2.33. The molecule has 0 spiro atoms. The Morgan fingerprint density at radius 3 is 2.72 bits per heavy atom. The van der Waals surface area contributed by atoms with Crippen molar-refractivity contribution in [2.75, 3.05) is 4.90 Å². The molecular weight excluding hydrogens is 406 g/mol. The minimum atomic E-state index is -3.68. The Morgan fingerprint density at radius 2 is 2.00 bits per heavy atom. The Labute approximate surface area is 174 Å². The number of nitrogens with zero attached hydrogens (tertiary/aromatic N) is 2. The Morgan fingerprint density at radius 1 is 1.24 bits per heavy atom. The highest BCUT2D eigenvalue weighted by molar-refractivity contribution is 7.89. The highest BCUT2D eigenvalue weighted by Gasteiger charge is 2.30. The molecule has 2 aromatic carbocycles. The molecule has 1 N–H and O–H groups in total. The van der Waals surface area contributed by atoms with Gasteiger partial charge in [0.25, 0.3) is 0 Å². The second kappa shape index (κ2) is 7.70. The molecular formula is C21H21N3O3S2. The van der Waals surface area contributed by atoms with E-state index in [1.807, 2.05) is 42.6 Å². The summed E-state index contributed by atoms with van der Waals surface area (Å²) in [6.07, 6.45) is 0.644. The molecule has 0 bridgehead atoms. The van der Waals surface area contributed by atoms with Gasteiger partial charge in [-0.1, -0.05) is 30.3 Å². The van der Waals surface area contributed by atoms with Crippen LogP contribution in [-0.2, 0) is 27.8 Å². The van der Waals surface area contributed by atoms with Gasteiger partial charge in [-0.15, -0.1) is 11.3 Å². The fourth-order valence-electron chi connectivity index (χ4n) is 3.61. The van der Waals surface area contributed by atoms with Crippen molar-refractivity contribution in [3.63, 3.8) is 0 Å². The van der Waals surface area contributed by atoms with Crippen LogP contribution in [0, 0.1) is 0 Å². The fourth-order valence-corrected chi connectivity index (χ4v) is 5.48. The average Bonchev–Trinajstić information content (AvgIpc) is 3.30. The molecule has 29 heavy (non-hydrogen) atoms. The van der Waals surface area contributed by atoms with Gasteiger partial charge in [0.2, 0.25) is 15.9 Å². The minimum Gasteiger partial charge on any atom is -0.309 e. The van der Waals surface area contributed by atoms with Crippen molar-refractivity contribution in [1.82, 2.24) is 9.71 Å². The number of carbonyl (C=O) groups excluding carboxylic acids is 1. The van der Waals surface area contributed by atoms with E-state index in [9.17, 15) is 13.2 Å². The van der Waals surface area contributed by atoms with E-state index < -0.39 is 10.0 Å². The summed E-state index contributed by atoms with van der Waals surface area (Å²) in [5, 5.41) is 2.72. The fraction of sp³-hybridized carbons (Fsp3) is 0.238. The maximum absolute atomic E-state index is 12.8. The molecule has 0 aliphatic carbocycles. The van der Waals surface area contributed by atoms with Crippen LogP contribution in [0.3, 0.4) is 0 Å². The SMILES string of the molecule is CC(=O)N1c2ccc(S(=O)(=O)NCc3csc(-c4ccccc4)n3)cc2CC1C. The van der Waals surface area contributed by atoms with Gasteiger partial charge in [0.1, 0.15) is 5.01 Å². The van der Waals surface area contributed by atoms with E-state index in [-0.39, 0.29) is 23.4 Å². The van der Waals surface area contributed by atoms with E-state index in [0.29, 0.717) is 12.1 Å². The van der Waals surface area contributed by atoms with Gasteiger partial charge >= 0.3 is 0 Å². The van der Waals surface area contributed by atoms with Gasteiger partial charge in [-0.2, -0.15) is 0 Å². The van der Waals surface area contributed by atoms with Crippen LogP contribution in [0.4, 0.5) is 5.69 Å². The lowest BCUT2D eigenvalue weighted by Gasteiger charge is -2.20. The van der Waals surface area contributed by atoms with E-state index in [2.05, 4.69) is 9.71 Å². The number of hydrogen-bond donors (Lipinski definition) is 1. The Bertz CT molecular complexity index is 1160. The maximum atomic E-state index is 12.8. The van der Waals surface area contributed by atoms with Gasteiger partial charge in [0.05, 0.1) is 17.1 Å². The third kappa shape index (κ3) is 3.96. The van der Waals surface area contributed by atoms with Gasteiger partial charge < -0.3 is 4.90 Å². The monoisotopic (exact) mass is 427 g/mol. The van der Waals surface area contributed by atoms with Crippen LogP contribution in [0.2, 0.25) is 0 Å². The third-order valence-electron chi connectivity index (χ3n) is 4.93. The van der Waals surface area contributed by atoms with Crippen molar-refractivity contribution in [2.45, 2.75) is 37.8 Å². The zero-order chi connectivity index (χ0) is 20.6. The van der Waals surface area contributed by atoms with Gasteiger partial charge in [0, 0.05) is 29.6 Å². The van der Waals surface area contributed by atoms with Crippen LogP contribution in [0.5, 0.6) is 0 Å². The second-order valence-electron chi connectivity index (χ2n) is 7.07. The largest absolute Gasteiger partial charge is 0.309 e. The van der Waals surface area contributed by atoms with Gasteiger partial charge in [-0.05, 0) is 37.1 Å². The van der Waals surface area contributed by atoms with Crippen molar-refractivity contribution in [3.8, 4) is 10.6 Å². The number of sulfonamides is 1. The number of rotatable bonds is 5. The van der Waals surface area contributed by atoms with Crippen LogP contribution in [-0.4, -0.2) is 25.4 Å². The number of nitrogens with one attached hydrogen (secondary N) is 1. The zero-order valence-corrected chi connectivity index (χ0v) is 17.8. The standard InChI is InChI=1S/C21H21N3O3S2/c1-14-10-17-11-19(8-9-20(17)24(14)15(2)25)29(26,27)22-12-18-13-28-21(23-18)16-6-4-3-5-7-16/h3-9,11,13-14,22H,10,12H2,1-2H3. The van der Waals surface area contributed by atoms with E-state index in [0.717, 1.165) is 21.8 Å². The van der Waals surface area contributed by atoms with E-state index in [4.69, 9.17) is 0 Å². The topological polar surface area (TPSA) is 79.4 Å². The van der Waals surface area contributed by atoms with Gasteiger partial charge in [0.15, 0.2) is 0 Å². The number of anilines is 1. The first-order valence-electron chi connectivity index (χ1n) is 9.27. The molecule has 1 amide bonds. The van der Waals surface area contributed by atoms with Crippen molar-refractivity contribution in [2.24, 2.45) is 0 Å². The lowest BCUT2D eigenvalue weighted by molar-refractivity contribution is -0.116. The minimum absolute atomic E-state index is 0.0276. The number of benzene rings is 2. The number of hydrogen-bond acceptors (Lipinski definition) is 5. The molecule has 4 rings (SSSR count). The number of carbonyl (C=O) groups is 1.